The second-order valence-corrected chi connectivity index (χ2v) is 3.22. The van der Waals surface area contributed by atoms with E-state index in [-0.39, 0.29) is 0 Å². The number of rotatable bonds is 4. The van der Waals surface area contributed by atoms with E-state index in [0.29, 0.717) is 13.2 Å². The highest BCUT2D eigenvalue weighted by atomic mass is 16.5. The van der Waals surface area contributed by atoms with E-state index in [2.05, 4.69) is 4.98 Å². The van der Waals surface area contributed by atoms with Gasteiger partial charge in [-0.3, -0.25) is 0 Å². The third-order valence-corrected chi connectivity index (χ3v) is 2.14. The molecule has 0 amide bonds. The zero-order chi connectivity index (χ0) is 9.80. The van der Waals surface area contributed by atoms with Crippen molar-refractivity contribution in [1.29, 1.82) is 0 Å². The third kappa shape index (κ3) is 1.88. The van der Waals surface area contributed by atoms with Gasteiger partial charge in [0.15, 0.2) is 0 Å². The van der Waals surface area contributed by atoms with Crippen molar-refractivity contribution in [2.24, 2.45) is 5.73 Å². The van der Waals surface area contributed by atoms with E-state index in [1.807, 2.05) is 30.5 Å². The number of hydrogen-bond acceptors (Lipinski definition) is 2. The highest BCUT2D eigenvalue weighted by Crippen LogP contribution is 2.19. The molecule has 2 rings (SSSR count). The van der Waals surface area contributed by atoms with Crippen LogP contribution in [0.4, 0.5) is 0 Å². The first kappa shape index (κ1) is 9.09. The fourth-order valence-corrected chi connectivity index (χ4v) is 1.39. The molecule has 0 unspecified atom stereocenters. The lowest BCUT2D eigenvalue weighted by Gasteiger charge is -2.04. The molecule has 0 fully saturated rings. The number of fused-ring (bicyclic) bond motifs is 1. The number of nitrogens with one attached hydrogen (secondary N) is 1. The van der Waals surface area contributed by atoms with Crippen LogP contribution in [0.2, 0.25) is 0 Å². The average Bonchev–Trinajstić information content (AvgIpc) is 2.65. The van der Waals surface area contributed by atoms with Crippen LogP contribution >= 0.6 is 0 Å². The molecule has 0 saturated carbocycles. The molecule has 0 aliphatic rings. The molecule has 3 N–H and O–H groups in total. The van der Waals surface area contributed by atoms with Crippen LogP contribution in [0.15, 0.2) is 30.5 Å². The summed E-state index contributed by atoms with van der Waals surface area (Å²) in [5.74, 6) is 0.908. The van der Waals surface area contributed by atoms with E-state index in [9.17, 15) is 0 Å². The van der Waals surface area contributed by atoms with Crippen LogP contribution in [0.5, 0.6) is 5.75 Å². The standard InChI is InChI=1S/C11H14N2O/c12-5-1-7-14-10-2-3-11-9(8-10)4-6-13-11/h2-4,6,8,13H,1,5,7,12H2. The lowest BCUT2D eigenvalue weighted by atomic mass is 10.2. The van der Waals surface area contributed by atoms with Gasteiger partial charge >= 0.3 is 0 Å². The maximum Gasteiger partial charge on any atom is 0.120 e. The predicted molar refractivity (Wildman–Crippen MR) is 57.5 cm³/mol. The first-order valence-electron chi connectivity index (χ1n) is 4.80. The monoisotopic (exact) mass is 190 g/mol. The minimum absolute atomic E-state index is 0.673. The number of nitrogens with two attached hydrogens (primary N) is 1. The fraction of sp³-hybridized carbons (Fsp3) is 0.273. The van der Waals surface area contributed by atoms with E-state index >= 15 is 0 Å². The van der Waals surface area contributed by atoms with E-state index in [1.54, 1.807) is 0 Å². The smallest absolute Gasteiger partial charge is 0.120 e. The van der Waals surface area contributed by atoms with Crippen LogP contribution in [-0.4, -0.2) is 18.1 Å². The maximum absolute atomic E-state index is 5.53. The van der Waals surface area contributed by atoms with Gasteiger partial charge in [-0.1, -0.05) is 0 Å². The summed E-state index contributed by atoms with van der Waals surface area (Å²) in [4.78, 5) is 3.14. The molecule has 0 aliphatic heterocycles. The second kappa shape index (κ2) is 4.15. The number of benzene rings is 1. The molecule has 0 saturated heterocycles. The molecule has 0 bridgehead atoms. The molecule has 1 heterocycles. The van der Waals surface area contributed by atoms with Gasteiger partial charge in [-0.05, 0) is 37.2 Å². The number of H-pyrrole nitrogens is 1. The van der Waals surface area contributed by atoms with Gasteiger partial charge in [0, 0.05) is 17.1 Å². The van der Waals surface area contributed by atoms with Crippen LogP contribution in [0, 0.1) is 0 Å². The highest BCUT2D eigenvalue weighted by molar-refractivity contribution is 5.80. The number of ether oxygens (including phenoxy) is 1. The Morgan fingerprint density at radius 1 is 1.29 bits per heavy atom. The van der Waals surface area contributed by atoms with Crippen LogP contribution in [0.3, 0.4) is 0 Å². The number of aromatic amines is 1. The van der Waals surface area contributed by atoms with Gasteiger partial charge in [0.2, 0.25) is 0 Å². The topological polar surface area (TPSA) is 51.0 Å². The molecule has 0 atom stereocenters. The van der Waals surface area contributed by atoms with Gasteiger partial charge < -0.3 is 15.5 Å². The summed E-state index contributed by atoms with van der Waals surface area (Å²) in [6.45, 7) is 1.36. The largest absolute Gasteiger partial charge is 0.494 e. The van der Waals surface area contributed by atoms with Gasteiger partial charge in [-0.25, -0.2) is 0 Å². The lowest BCUT2D eigenvalue weighted by molar-refractivity contribution is 0.314. The maximum atomic E-state index is 5.53. The van der Waals surface area contributed by atoms with Crippen LogP contribution in [-0.2, 0) is 0 Å². The second-order valence-electron chi connectivity index (χ2n) is 3.22. The van der Waals surface area contributed by atoms with Crippen LogP contribution in [0.1, 0.15) is 6.42 Å². The first-order chi connectivity index (χ1) is 6.90. The van der Waals surface area contributed by atoms with E-state index in [4.69, 9.17) is 10.5 Å². The fourth-order valence-electron chi connectivity index (χ4n) is 1.39. The van der Waals surface area contributed by atoms with Gasteiger partial charge in [-0.2, -0.15) is 0 Å². The van der Waals surface area contributed by atoms with Crippen molar-refractivity contribution >= 4 is 10.9 Å². The van der Waals surface area contributed by atoms with Crippen molar-refractivity contribution in [2.45, 2.75) is 6.42 Å². The minimum atomic E-state index is 0.673. The van der Waals surface area contributed by atoms with Gasteiger partial charge in [0.05, 0.1) is 6.61 Å². The summed E-state index contributed by atoms with van der Waals surface area (Å²) in [5, 5.41) is 1.18. The minimum Gasteiger partial charge on any atom is -0.494 e. The quantitative estimate of drug-likeness (QED) is 0.723. The Morgan fingerprint density at radius 3 is 3.07 bits per heavy atom. The van der Waals surface area contributed by atoms with Crippen LogP contribution < -0.4 is 10.5 Å². The SMILES string of the molecule is NCCCOc1ccc2[nH]ccc2c1. The highest BCUT2D eigenvalue weighted by Gasteiger charge is 1.97. The molecule has 0 radical (unpaired) electrons. The summed E-state index contributed by atoms with van der Waals surface area (Å²) in [6.07, 6.45) is 2.82. The summed E-state index contributed by atoms with van der Waals surface area (Å²) >= 11 is 0. The Hall–Kier alpha value is -1.48. The van der Waals surface area contributed by atoms with Gasteiger partial charge in [0.1, 0.15) is 5.75 Å². The molecule has 74 valence electrons. The van der Waals surface area contributed by atoms with Gasteiger partial charge in [-0.15, -0.1) is 0 Å². The van der Waals surface area contributed by atoms with Crippen molar-refractivity contribution in [3.8, 4) is 5.75 Å². The Morgan fingerprint density at radius 2 is 2.21 bits per heavy atom. The zero-order valence-corrected chi connectivity index (χ0v) is 7.99. The van der Waals surface area contributed by atoms with E-state index in [0.717, 1.165) is 17.7 Å². The molecule has 1 aromatic heterocycles. The number of hydrogen-bond donors (Lipinski definition) is 2. The Labute approximate surface area is 82.9 Å². The van der Waals surface area contributed by atoms with Gasteiger partial charge in [0.25, 0.3) is 0 Å². The predicted octanol–water partition coefficient (Wildman–Crippen LogP) is 1.90. The Balaban J connectivity index is 2.10. The van der Waals surface area contributed by atoms with Crippen molar-refractivity contribution in [2.75, 3.05) is 13.2 Å². The van der Waals surface area contributed by atoms with Crippen LogP contribution in [0.25, 0.3) is 10.9 Å². The molecule has 3 nitrogen and oxygen atoms in total. The van der Waals surface area contributed by atoms with Crippen molar-refractivity contribution in [3.63, 3.8) is 0 Å². The molecule has 14 heavy (non-hydrogen) atoms. The molecule has 0 spiro atoms. The summed E-state index contributed by atoms with van der Waals surface area (Å²) in [5.41, 5.74) is 6.52. The molecule has 1 aromatic carbocycles. The number of aromatic nitrogens is 1. The summed E-state index contributed by atoms with van der Waals surface area (Å²) < 4.78 is 5.53. The normalized spacial score (nSPS) is 10.6. The first-order valence-corrected chi connectivity index (χ1v) is 4.80. The average molecular weight is 190 g/mol. The van der Waals surface area contributed by atoms with E-state index in [1.165, 1.54) is 5.39 Å². The Kier molecular flexibility index (Phi) is 2.70. The summed E-state index contributed by atoms with van der Waals surface area (Å²) in [7, 11) is 0. The molecule has 2 aromatic rings. The molecule has 3 heteroatoms. The Bertz CT molecular complexity index is 408. The summed E-state index contributed by atoms with van der Waals surface area (Å²) in [6, 6.07) is 8.05. The lowest BCUT2D eigenvalue weighted by Crippen LogP contribution is -2.05. The molecular weight excluding hydrogens is 176 g/mol. The zero-order valence-electron chi connectivity index (χ0n) is 7.99. The van der Waals surface area contributed by atoms with Crippen molar-refractivity contribution < 1.29 is 4.74 Å². The van der Waals surface area contributed by atoms with E-state index < -0.39 is 0 Å². The molecule has 0 aliphatic carbocycles. The molecular formula is C11H14N2O. The van der Waals surface area contributed by atoms with Crippen molar-refractivity contribution in [3.05, 3.63) is 30.5 Å². The third-order valence-electron chi connectivity index (χ3n) is 2.14. The van der Waals surface area contributed by atoms with Crippen molar-refractivity contribution in [1.82, 2.24) is 4.98 Å².